The minimum Gasteiger partial charge on any atom is -0.288 e. The molecule has 0 aromatic heterocycles. The van der Waals surface area contributed by atoms with E-state index in [0.29, 0.717) is 0 Å². The fourth-order valence-corrected chi connectivity index (χ4v) is 1.61. The predicted octanol–water partition coefficient (Wildman–Crippen LogP) is 3.33. The summed E-state index contributed by atoms with van der Waals surface area (Å²) < 4.78 is 62.8. The van der Waals surface area contributed by atoms with Crippen molar-refractivity contribution in [2.45, 2.75) is 38.0 Å². The maximum atomic E-state index is 13.0. The van der Waals surface area contributed by atoms with Gasteiger partial charge in [0.05, 0.1) is 0 Å². The third-order valence-corrected chi connectivity index (χ3v) is 2.64. The van der Waals surface area contributed by atoms with Crippen LogP contribution in [0.5, 0.6) is 0 Å². The first-order chi connectivity index (χ1) is 7.29. The van der Waals surface area contributed by atoms with Crippen LogP contribution in [0, 0.1) is 0 Å². The molecule has 0 spiro atoms. The van der Waals surface area contributed by atoms with Crippen LogP contribution in [-0.4, -0.2) is 35.8 Å². The molecule has 0 aliphatic carbocycles. The summed E-state index contributed by atoms with van der Waals surface area (Å²) in [6, 6.07) is 0. The number of halogens is 5. The lowest BCUT2D eigenvalue weighted by molar-refractivity contribution is -0.109. The Hall–Kier alpha value is -0.330. The van der Waals surface area contributed by atoms with Crippen molar-refractivity contribution in [3.05, 3.63) is 0 Å². The third-order valence-electron chi connectivity index (χ3n) is 1.80. The molecule has 2 unspecified atom stereocenters. The van der Waals surface area contributed by atoms with Crippen LogP contribution in [0.15, 0.2) is 0 Å². The van der Waals surface area contributed by atoms with Gasteiger partial charge >= 0.3 is 0 Å². The summed E-state index contributed by atoms with van der Waals surface area (Å²) in [5.41, 5.74) is 0. The number of carbonyl (C=O) groups excluding carboxylic acids is 1. The molecule has 0 amide bonds. The second kappa shape index (κ2) is 7.09. The minimum absolute atomic E-state index is 0.0985. The summed E-state index contributed by atoms with van der Waals surface area (Å²) in [5.74, 6) is -3.98. The first-order valence-corrected chi connectivity index (χ1v) is 5.63. The number of hydrogen-bond acceptors (Lipinski definition) is 2. The van der Waals surface area contributed by atoms with E-state index in [2.05, 4.69) is 0 Å². The Kier molecular flexibility index (Phi) is 6.94. The zero-order valence-electron chi connectivity index (χ0n) is 8.69. The molecular formula is C9H13F5OS. The lowest BCUT2D eigenvalue weighted by Crippen LogP contribution is -2.34. The van der Waals surface area contributed by atoms with Crippen LogP contribution in [-0.2, 0) is 4.79 Å². The molecule has 0 saturated carbocycles. The predicted molar refractivity (Wildman–Crippen MR) is 53.1 cm³/mol. The van der Waals surface area contributed by atoms with Crippen molar-refractivity contribution in [1.29, 1.82) is 0 Å². The molecule has 96 valence electrons. The quantitative estimate of drug-likeness (QED) is 0.656. The van der Waals surface area contributed by atoms with Gasteiger partial charge in [-0.1, -0.05) is 11.8 Å². The third kappa shape index (κ3) is 6.30. The van der Waals surface area contributed by atoms with Gasteiger partial charge in [-0.2, -0.15) is 0 Å². The zero-order chi connectivity index (χ0) is 12.8. The van der Waals surface area contributed by atoms with E-state index in [1.165, 1.54) is 6.92 Å². The fourth-order valence-electron chi connectivity index (χ4n) is 0.995. The summed E-state index contributed by atoms with van der Waals surface area (Å²) in [6.45, 7) is -0.318. The second-order valence-electron chi connectivity index (χ2n) is 3.31. The highest BCUT2D eigenvalue weighted by Crippen LogP contribution is 2.31. The van der Waals surface area contributed by atoms with E-state index in [-0.39, 0.29) is 10.9 Å². The SMILES string of the molecule is CC(=O)SCCC(F)C(F)(F)CC(F)CF. The summed E-state index contributed by atoms with van der Waals surface area (Å²) in [4.78, 5) is 10.4. The molecule has 7 heteroatoms. The molecule has 0 heterocycles. The van der Waals surface area contributed by atoms with E-state index < -0.39 is 37.8 Å². The largest absolute Gasteiger partial charge is 0.288 e. The Labute approximate surface area is 94.8 Å². The first-order valence-electron chi connectivity index (χ1n) is 4.65. The number of thioether (sulfide) groups is 1. The van der Waals surface area contributed by atoms with Gasteiger partial charge in [-0.3, -0.25) is 4.79 Å². The van der Waals surface area contributed by atoms with Crippen molar-refractivity contribution in [1.82, 2.24) is 0 Å². The molecule has 0 aliphatic rings. The Morgan fingerprint density at radius 1 is 1.38 bits per heavy atom. The first kappa shape index (κ1) is 15.7. The van der Waals surface area contributed by atoms with Crippen LogP contribution in [0.1, 0.15) is 19.8 Å². The van der Waals surface area contributed by atoms with Gasteiger partial charge in [0.15, 0.2) is 11.3 Å². The van der Waals surface area contributed by atoms with Crippen LogP contribution in [0.2, 0.25) is 0 Å². The normalized spacial score (nSPS) is 15.9. The van der Waals surface area contributed by atoms with Crippen molar-refractivity contribution in [2.75, 3.05) is 12.4 Å². The van der Waals surface area contributed by atoms with E-state index in [4.69, 9.17) is 0 Å². The Morgan fingerprint density at radius 3 is 2.38 bits per heavy atom. The molecule has 0 radical (unpaired) electrons. The van der Waals surface area contributed by atoms with E-state index in [1.807, 2.05) is 0 Å². The van der Waals surface area contributed by atoms with Crippen LogP contribution in [0.3, 0.4) is 0 Å². The Balaban J connectivity index is 4.02. The number of alkyl halides is 5. The van der Waals surface area contributed by atoms with Gasteiger partial charge in [0.2, 0.25) is 0 Å². The average molecular weight is 264 g/mol. The molecule has 16 heavy (non-hydrogen) atoms. The van der Waals surface area contributed by atoms with Crippen molar-refractivity contribution < 1.29 is 26.7 Å². The van der Waals surface area contributed by atoms with Crippen molar-refractivity contribution in [3.63, 3.8) is 0 Å². The van der Waals surface area contributed by atoms with Gasteiger partial charge < -0.3 is 0 Å². The summed E-state index contributed by atoms with van der Waals surface area (Å²) in [7, 11) is 0. The minimum atomic E-state index is -3.89. The molecule has 0 aromatic rings. The van der Waals surface area contributed by atoms with Crippen molar-refractivity contribution in [3.8, 4) is 0 Å². The van der Waals surface area contributed by atoms with Crippen LogP contribution in [0.4, 0.5) is 22.0 Å². The van der Waals surface area contributed by atoms with Gasteiger partial charge in [-0.15, -0.1) is 0 Å². The van der Waals surface area contributed by atoms with Gasteiger partial charge in [-0.05, 0) is 6.42 Å². The summed E-state index contributed by atoms with van der Waals surface area (Å²) in [6.07, 6.45) is -6.93. The number of hydrogen-bond donors (Lipinski definition) is 0. The van der Waals surface area contributed by atoms with Crippen molar-refractivity contribution in [2.24, 2.45) is 0 Å². The van der Waals surface area contributed by atoms with Crippen LogP contribution < -0.4 is 0 Å². The van der Waals surface area contributed by atoms with E-state index in [0.717, 1.165) is 11.8 Å². The van der Waals surface area contributed by atoms with E-state index in [1.54, 1.807) is 0 Å². The molecular weight excluding hydrogens is 251 g/mol. The topological polar surface area (TPSA) is 17.1 Å². The lowest BCUT2D eigenvalue weighted by atomic mass is 10.1. The molecule has 0 aromatic carbocycles. The molecule has 0 bridgehead atoms. The molecule has 0 saturated heterocycles. The highest BCUT2D eigenvalue weighted by atomic mass is 32.2. The number of carbonyl (C=O) groups is 1. The molecule has 0 aliphatic heterocycles. The molecule has 0 rings (SSSR count). The summed E-state index contributed by atoms with van der Waals surface area (Å²) >= 11 is 0.720. The fraction of sp³-hybridized carbons (Fsp3) is 0.889. The Morgan fingerprint density at radius 2 is 1.94 bits per heavy atom. The van der Waals surface area contributed by atoms with Gasteiger partial charge in [0.1, 0.15) is 12.8 Å². The zero-order valence-corrected chi connectivity index (χ0v) is 9.51. The maximum Gasteiger partial charge on any atom is 0.281 e. The molecule has 2 atom stereocenters. The van der Waals surface area contributed by atoms with Crippen LogP contribution in [0.25, 0.3) is 0 Å². The molecule has 1 nitrogen and oxygen atoms in total. The highest BCUT2D eigenvalue weighted by molar-refractivity contribution is 8.13. The smallest absolute Gasteiger partial charge is 0.281 e. The molecule has 0 N–H and O–H groups in total. The highest BCUT2D eigenvalue weighted by Gasteiger charge is 2.41. The van der Waals surface area contributed by atoms with Gasteiger partial charge in [0, 0.05) is 19.1 Å². The maximum absolute atomic E-state index is 13.0. The second-order valence-corrected chi connectivity index (χ2v) is 4.58. The lowest BCUT2D eigenvalue weighted by Gasteiger charge is -2.21. The number of rotatable bonds is 7. The monoisotopic (exact) mass is 264 g/mol. The standard InChI is InChI=1S/C9H13F5OS/c1-6(15)16-3-2-8(12)9(13,14)4-7(11)5-10/h7-8H,2-5H2,1H3. The summed E-state index contributed by atoms with van der Waals surface area (Å²) in [5, 5.41) is -0.303. The van der Waals surface area contributed by atoms with Crippen molar-refractivity contribution >= 4 is 16.9 Å². The van der Waals surface area contributed by atoms with Crippen LogP contribution >= 0.6 is 11.8 Å². The van der Waals surface area contributed by atoms with Gasteiger partial charge in [-0.25, -0.2) is 22.0 Å². The van der Waals surface area contributed by atoms with E-state index in [9.17, 15) is 26.7 Å². The van der Waals surface area contributed by atoms with E-state index >= 15 is 0 Å². The van der Waals surface area contributed by atoms with Gasteiger partial charge in [0.25, 0.3) is 5.92 Å². The molecule has 0 fully saturated rings. The Bertz CT molecular complexity index is 224. The average Bonchev–Trinajstić information content (AvgIpc) is 2.16.